The van der Waals surface area contributed by atoms with Gasteiger partial charge in [0.2, 0.25) is 0 Å². The fourth-order valence-corrected chi connectivity index (χ4v) is 1.37. The van der Waals surface area contributed by atoms with Crippen LogP contribution in [0.3, 0.4) is 0 Å². The lowest BCUT2D eigenvalue weighted by molar-refractivity contribution is 0.755. The molecule has 0 heteroatoms. The van der Waals surface area contributed by atoms with E-state index in [0.29, 0.717) is 0 Å². The molecule has 0 aliphatic rings. The molecule has 0 N–H and O–H groups in total. The van der Waals surface area contributed by atoms with Crippen molar-refractivity contribution in [3.8, 4) is 0 Å². The fourth-order valence-electron chi connectivity index (χ4n) is 1.37. The van der Waals surface area contributed by atoms with Gasteiger partial charge in [-0.2, -0.15) is 0 Å². The molecule has 0 heterocycles. The summed E-state index contributed by atoms with van der Waals surface area (Å²) in [5.74, 6) is 0. The molecule has 0 aromatic heterocycles. The number of unbranched alkanes of at least 4 members (excludes halogenated alkanes) is 5. The van der Waals surface area contributed by atoms with Crippen molar-refractivity contribution in [3.05, 3.63) is 37.0 Å². The molecule has 15 heavy (non-hydrogen) atoms. The van der Waals surface area contributed by atoms with Gasteiger partial charge in [0.15, 0.2) is 0 Å². The van der Waals surface area contributed by atoms with Crippen LogP contribution in [0.25, 0.3) is 0 Å². The third-order valence-corrected chi connectivity index (χ3v) is 2.32. The molecule has 0 spiro atoms. The van der Waals surface area contributed by atoms with Crippen LogP contribution in [-0.2, 0) is 0 Å². The van der Waals surface area contributed by atoms with Gasteiger partial charge < -0.3 is 0 Å². The van der Waals surface area contributed by atoms with Gasteiger partial charge in [-0.05, 0) is 38.5 Å². The first-order valence-electron chi connectivity index (χ1n) is 6.25. The average molecular weight is 205 g/mol. The highest BCUT2D eigenvalue weighted by Gasteiger charge is 1.83. The van der Waals surface area contributed by atoms with E-state index in [9.17, 15) is 0 Å². The van der Waals surface area contributed by atoms with Gasteiger partial charge >= 0.3 is 0 Å². The topological polar surface area (TPSA) is 0 Å². The second kappa shape index (κ2) is 13.2. The lowest BCUT2D eigenvalue weighted by Gasteiger charge is -1.93. The third-order valence-electron chi connectivity index (χ3n) is 2.32. The summed E-state index contributed by atoms with van der Waals surface area (Å²) in [6.45, 7) is 7.50. The standard InChI is InChI=1S/C15H25/c1-3-5-7-9-11-13-15-14-12-10-8-6-4-2/h1,3,7,9-10,12H,4-6,8,11,13-15H2,2H3. The van der Waals surface area contributed by atoms with E-state index in [4.69, 9.17) is 6.58 Å². The van der Waals surface area contributed by atoms with Crippen LogP contribution in [-0.4, -0.2) is 0 Å². The van der Waals surface area contributed by atoms with Gasteiger partial charge in [0.1, 0.15) is 0 Å². The van der Waals surface area contributed by atoms with Crippen LogP contribution in [0, 0.1) is 6.58 Å². The zero-order valence-corrected chi connectivity index (χ0v) is 10.1. The lowest BCUT2D eigenvalue weighted by Crippen LogP contribution is -1.73. The summed E-state index contributed by atoms with van der Waals surface area (Å²) in [5, 5.41) is 0. The Kier molecular flexibility index (Phi) is 12.5. The quantitative estimate of drug-likeness (QED) is 0.338. The first-order valence-corrected chi connectivity index (χ1v) is 6.25. The van der Waals surface area contributed by atoms with Crippen LogP contribution in [0.2, 0.25) is 0 Å². The van der Waals surface area contributed by atoms with Crippen LogP contribution in [0.1, 0.15) is 58.3 Å². The minimum Gasteiger partial charge on any atom is -0.0885 e. The number of rotatable bonds is 10. The highest BCUT2D eigenvalue weighted by molar-refractivity contribution is 4.87. The Morgan fingerprint density at radius 1 is 0.800 bits per heavy atom. The molecule has 0 aromatic rings. The van der Waals surface area contributed by atoms with Gasteiger partial charge in [0.05, 0.1) is 0 Å². The predicted octanol–water partition coefficient (Wildman–Crippen LogP) is 5.23. The largest absolute Gasteiger partial charge is 0.0885 e. The number of hydrogen-bond donors (Lipinski definition) is 0. The molecule has 0 aromatic carbocycles. The van der Waals surface area contributed by atoms with Gasteiger partial charge in [-0.25, -0.2) is 0 Å². The molecule has 1 radical (unpaired) electrons. The zero-order chi connectivity index (χ0) is 11.2. The maximum absolute atomic E-state index is 5.26. The zero-order valence-electron chi connectivity index (χ0n) is 10.1. The van der Waals surface area contributed by atoms with Crippen molar-refractivity contribution in [2.24, 2.45) is 0 Å². The number of hydrogen-bond acceptors (Lipinski definition) is 0. The molecular weight excluding hydrogens is 180 g/mol. The summed E-state index contributed by atoms with van der Waals surface area (Å²) < 4.78 is 0. The maximum Gasteiger partial charge on any atom is -0.0166 e. The molecule has 0 saturated heterocycles. The van der Waals surface area contributed by atoms with E-state index in [1.165, 1.54) is 44.9 Å². The summed E-state index contributed by atoms with van der Waals surface area (Å²) in [4.78, 5) is 0. The van der Waals surface area contributed by atoms with E-state index in [1.807, 2.05) is 0 Å². The summed E-state index contributed by atoms with van der Waals surface area (Å²) in [5.41, 5.74) is 0. The summed E-state index contributed by atoms with van der Waals surface area (Å²) >= 11 is 0. The molecule has 0 amide bonds. The third kappa shape index (κ3) is 13.2. The van der Waals surface area contributed by atoms with Crippen LogP contribution in [0.15, 0.2) is 30.4 Å². The smallest absolute Gasteiger partial charge is 0.0166 e. The van der Waals surface area contributed by atoms with Gasteiger partial charge in [-0.1, -0.05) is 56.7 Å². The minimum absolute atomic E-state index is 0.900. The molecule has 0 unspecified atom stereocenters. The first-order chi connectivity index (χ1) is 7.41. The van der Waals surface area contributed by atoms with Crippen LogP contribution in [0.4, 0.5) is 0 Å². The molecule has 85 valence electrons. The Morgan fingerprint density at radius 3 is 1.87 bits per heavy atom. The van der Waals surface area contributed by atoms with Gasteiger partial charge in [0.25, 0.3) is 0 Å². The lowest BCUT2D eigenvalue weighted by atomic mass is 10.1. The van der Waals surface area contributed by atoms with E-state index in [-0.39, 0.29) is 0 Å². The van der Waals surface area contributed by atoms with E-state index < -0.39 is 0 Å². The molecule has 0 atom stereocenters. The van der Waals surface area contributed by atoms with Crippen molar-refractivity contribution in [2.75, 3.05) is 0 Å². The Morgan fingerprint density at radius 2 is 1.33 bits per heavy atom. The molecule has 0 aliphatic carbocycles. The normalized spacial score (nSPS) is 11.5. The Hall–Kier alpha value is -0.780. The highest BCUT2D eigenvalue weighted by Crippen LogP contribution is 2.03. The van der Waals surface area contributed by atoms with Crippen molar-refractivity contribution in [2.45, 2.75) is 58.3 Å². The number of allylic oxidation sites excluding steroid dienone is 5. The molecule has 0 nitrogen and oxygen atoms in total. The molecule has 0 bridgehead atoms. The Balaban J connectivity index is 3.10. The van der Waals surface area contributed by atoms with Crippen LogP contribution >= 0.6 is 0 Å². The van der Waals surface area contributed by atoms with Crippen molar-refractivity contribution in [1.29, 1.82) is 0 Å². The SMILES string of the molecule is [CH]=CCC=CCCCCC=CCCCC. The Labute approximate surface area is 95.8 Å². The molecule has 0 saturated carbocycles. The van der Waals surface area contributed by atoms with Crippen molar-refractivity contribution in [3.63, 3.8) is 0 Å². The summed E-state index contributed by atoms with van der Waals surface area (Å²) in [6, 6.07) is 0. The summed E-state index contributed by atoms with van der Waals surface area (Å²) in [7, 11) is 0. The van der Waals surface area contributed by atoms with E-state index in [1.54, 1.807) is 6.08 Å². The molecule has 0 rings (SSSR count). The van der Waals surface area contributed by atoms with Crippen molar-refractivity contribution >= 4 is 0 Å². The van der Waals surface area contributed by atoms with Gasteiger partial charge in [0, 0.05) is 0 Å². The van der Waals surface area contributed by atoms with E-state index >= 15 is 0 Å². The first kappa shape index (κ1) is 14.2. The van der Waals surface area contributed by atoms with Crippen molar-refractivity contribution in [1.82, 2.24) is 0 Å². The second-order valence-corrected chi connectivity index (χ2v) is 3.84. The minimum atomic E-state index is 0.900. The monoisotopic (exact) mass is 205 g/mol. The van der Waals surface area contributed by atoms with E-state index in [0.717, 1.165) is 6.42 Å². The van der Waals surface area contributed by atoms with E-state index in [2.05, 4.69) is 31.2 Å². The molecule has 0 fully saturated rings. The summed E-state index contributed by atoms with van der Waals surface area (Å²) in [6.07, 6.45) is 20.5. The fraction of sp³-hybridized carbons (Fsp3) is 0.600. The molecule has 0 aliphatic heterocycles. The highest BCUT2D eigenvalue weighted by atomic mass is 13.9. The van der Waals surface area contributed by atoms with Crippen LogP contribution < -0.4 is 0 Å². The average Bonchev–Trinajstić information content (AvgIpc) is 2.26. The van der Waals surface area contributed by atoms with Gasteiger partial charge in [-0.3, -0.25) is 0 Å². The Bertz CT molecular complexity index is 174. The maximum atomic E-state index is 5.26. The van der Waals surface area contributed by atoms with Crippen molar-refractivity contribution < 1.29 is 0 Å². The van der Waals surface area contributed by atoms with Gasteiger partial charge in [-0.15, -0.1) is 0 Å². The van der Waals surface area contributed by atoms with Crippen LogP contribution in [0.5, 0.6) is 0 Å². The molecular formula is C15H25. The predicted molar refractivity (Wildman–Crippen MR) is 69.8 cm³/mol. The second-order valence-electron chi connectivity index (χ2n) is 3.84.